The van der Waals surface area contributed by atoms with Crippen LogP contribution in [0.3, 0.4) is 0 Å². The molecule has 2 heterocycles. The first-order valence-corrected chi connectivity index (χ1v) is 9.41. The smallest absolute Gasteiger partial charge is 0.228 e. The summed E-state index contributed by atoms with van der Waals surface area (Å²) in [6.07, 6.45) is 1.26. The highest BCUT2D eigenvalue weighted by Crippen LogP contribution is 2.33. The first kappa shape index (κ1) is 17.7. The van der Waals surface area contributed by atoms with E-state index < -0.39 is 0 Å². The Labute approximate surface area is 155 Å². The maximum Gasteiger partial charge on any atom is 0.228 e. The van der Waals surface area contributed by atoms with Gasteiger partial charge in [0.1, 0.15) is 5.01 Å². The number of thiazole rings is 1. The molecule has 1 amide bonds. The Morgan fingerprint density at radius 1 is 1.46 bits per heavy atom. The summed E-state index contributed by atoms with van der Waals surface area (Å²) in [5.41, 5.74) is 7.45. The summed E-state index contributed by atoms with van der Waals surface area (Å²) in [5.74, 6) is 0.103. The largest absolute Gasteiger partial charge is 0.342 e. The van der Waals surface area contributed by atoms with E-state index in [0.717, 1.165) is 35.8 Å². The number of rotatable bonds is 4. The molecule has 1 unspecified atom stereocenters. The molecule has 1 fully saturated rings. The minimum Gasteiger partial charge on any atom is -0.342 e. The number of hydrogen-bond donors (Lipinski definition) is 1. The SMILES string of the molecule is CC1(CN)CCN(C(=O)Cc2csc(-c3ccc(Cl)cc3Cl)n2)C1. The molecule has 1 aromatic carbocycles. The van der Waals surface area contributed by atoms with Gasteiger partial charge in [-0.25, -0.2) is 4.98 Å². The Morgan fingerprint density at radius 3 is 2.92 bits per heavy atom. The second-order valence-corrected chi connectivity index (χ2v) is 8.23. The molecule has 4 nitrogen and oxygen atoms in total. The van der Waals surface area contributed by atoms with Gasteiger partial charge in [0.15, 0.2) is 0 Å². The zero-order chi connectivity index (χ0) is 17.3. The molecule has 7 heteroatoms. The Bertz CT molecular complexity index is 764. The monoisotopic (exact) mass is 383 g/mol. The van der Waals surface area contributed by atoms with Gasteiger partial charge in [0, 0.05) is 29.1 Å². The normalized spacial score (nSPS) is 20.6. The fraction of sp³-hybridized carbons (Fsp3) is 0.412. The average molecular weight is 384 g/mol. The Hall–Kier alpha value is -1.14. The molecule has 1 atom stereocenters. The number of benzene rings is 1. The second kappa shape index (κ2) is 7.00. The Morgan fingerprint density at radius 2 is 2.25 bits per heavy atom. The van der Waals surface area contributed by atoms with Crippen molar-refractivity contribution in [1.82, 2.24) is 9.88 Å². The van der Waals surface area contributed by atoms with Gasteiger partial charge in [-0.1, -0.05) is 30.1 Å². The van der Waals surface area contributed by atoms with Crippen LogP contribution >= 0.6 is 34.5 Å². The van der Waals surface area contributed by atoms with Crippen LogP contribution in [0, 0.1) is 5.41 Å². The van der Waals surface area contributed by atoms with Crippen molar-refractivity contribution in [2.75, 3.05) is 19.6 Å². The van der Waals surface area contributed by atoms with E-state index >= 15 is 0 Å². The van der Waals surface area contributed by atoms with Crippen molar-refractivity contribution >= 4 is 40.4 Å². The second-order valence-electron chi connectivity index (χ2n) is 6.53. The minimum absolute atomic E-state index is 0.0414. The fourth-order valence-corrected chi connectivity index (χ4v) is 4.26. The van der Waals surface area contributed by atoms with E-state index in [1.165, 1.54) is 11.3 Å². The van der Waals surface area contributed by atoms with Crippen molar-refractivity contribution in [2.24, 2.45) is 11.1 Å². The molecule has 0 spiro atoms. The number of nitrogens with two attached hydrogens (primary N) is 1. The number of likely N-dealkylation sites (tertiary alicyclic amines) is 1. The van der Waals surface area contributed by atoms with Crippen LogP contribution in [0.15, 0.2) is 23.6 Å². The average Bonchev–Trinajstić information content (AvgIpc) is 3.15. The summed E-state index contributed by atoms with van der Waals surface area (Å²) in [6.45, 7) is 4.23. The van der Waals surface area contributed by atoms with E-state index in [-0.39, 0.29) is 11.3 Å². The van der Waals surface area contributed by atoms with Crippen molar-refractivity contribution < 1.29 is 4.79 Å². The van der Waals surface area contributed by atoms with Gasteiger partial charge in [-0.15, -0.1) is 11.3 Å². The Balaban J connectivity index is 1.69. The lowest BCUT2D eigenvalue weighted by molar-refractivity contribution is -0.129. The summed E-state index contributed by atoms with van der Waals surface area (Å²) in [6, 6.07) is 5.33. The van der Waals surface area contributed by atoms with Crippen molar-refractivity contribution in [3.05, 3.63) is 39.3 Å². The van der Waals surface area contributed by atoms with Gasteiger partial charge in [-0.05, 0) is 36.6 Å². The summed E-state index contributed by atoms with van der Waals surface area (Å²) in [5, 5.41) is 3.87. The lowest BCUT2D eigenvalue weighted by Crippen LogP contribution is -2.35. The van der Waals surface area contributed by atoms with Crippen LogP contribution in [0.2, 0.25) is 10.0 Å². The molecule has 0 bridgehead atoms. The topological polar surface area (TPSA) is 59.2 Å². The van der Waals surface area contributed by atoms with Gasteiger partial charge in [0.25, 0.3) is 0 Å². The number of amides is 1. The molecule has 0 aliphatic carbocycles. The highest BCUT2D eigenvalue weighted by Gasteiger charge is 2.34. The summed E-state index contributed by atoms with van der Waals surface area (Å²) in [7, 11) is 0. The van der Waals surface area contributed by atoms with E-state index in [1.807, 2.05) is 16.3 Å². The van der Waals surface area contributed by atoms with Gasteiger partial charge < -0.3 is 10.6 Å². The zero-order valence-electron chi connectivity index (χ0n) is 13.4. The quantitative estimate of drug-likeness (QED) is 0.871. The van der Waals surface area contributed by atoms with Gasteiger partial charge in [-0.3, -0.25) is 4.79 Å². The number of carbonyl (C=O) groups is 1. The van der Waals surface area contributed by atoms with Crippen LogP contribution < -0.4 is 5.73 Å². The van der Waals surface area contributed by atoms with Crippen molar-refractivity contribution in [3.8, 4) is 10.6 Å². The van der Waals surface area contributed by atoms with Gasteiger partial charge in [0.05, 0.1) is 17.1 Å². The predicted molar refractivity (Wildman–Crippen MR) is 99.6 cm³/mol. The molecule has 2 N–H and O–H groups in total. The molecule has 3 rings (SSSR count). The number of nitrogens with zero attached hydrogens (tertiary/aromatic N) is 2. The summed E-state index contributed by atoms with van der Waals surface area (Å²) < 4.78 is 0. The standard InChI is InChI=1S/C17H19Cl2N3OS/c1-17(9-20)4-5-22(10-17)15(23)7-12-8-24-16(21-12)13-3-2-11(18)6-14(13)19/h2-3,6,8H,4-5,7,9-10,20H2,1H3. The molecule has 128 valence electrons. The molecule has 1 aromatic heterocycles. The van der Waals surface area contributed by atoms with Gasteiger partial charge >= 0.3 is 0 Å². The van der Waals surface area contributed by atoms with Crippen LogP contribution in [0.1, 0.15) is 19.0 Å². The molecular formula is C17H19Cl2N3OS. The fourth-order valence-electron chi connectivity index (χ4n) is 2.84. The molecule has 1 aliphatic rings. The third kappa shape index (κ3) is 3.75. The first-order chi connectivity index (χ1) is 11.4. The molecule has 1 saturated heterocycles. The summed E-state index contributed by atoms with van der Waals surface area (Å²) in [4.78, 5) is 18.9. The molecule has 24 heavy (non-hydrogen) atoms. The maximum absolute atomic E-state index is 12.5. The number of hydrogen-bond acceptors (Lipinski definition) is 4. The van der Waals surface area contributed by atoms with Crippen LogP contribution in [-0.2, 0) is 11.2 Å². The van der Waals surface area contributed by atoms with E-state index in [1.54, 1.807) is 12.1 Å². The van der Waals surface area contributed by atoms with Crippen LogP contribution in [0.25, 0.3) is 10.6 Å². The minimum atomic E-state index is 0.0414. The van der Waals surface area contributed by atoms with E-state index in [4.69, 9.17) is 28.9 Å². The lowest BCUT2D eigenvalue weighted by atomic mass is 9.90. The molecular weight excluding hydrogens is 365 g/mol. The lowest BCUT2D eigenvalue weighted by Gasteiger charge is -2.22. The first-order valence-electron chi connectivity index (χ1n) is 7.78. The number of aromatic nitrogens is 1. The molecule has 2 aromatic rings. The number of carbonyl (C=O) groups excluding carboxylic acids is 1. The van der Waals surface area contributed by atoms with E-state index in [0.29, 0.717) is 23.0 Å². The highest BCUT2D eigenvalue weighted by atomic mass is 35.5. The van der Waals surface area contributed by atoms with Gasteiger partial charge in [-0.2, -0.15) is 0 Å². The maximum atomic E-state index is 12.5. The highest BCUT2D eigenvalue weighted by molar-refractivity contribution is 7.13. The summed E-state index contributed by atoms with van der Waals surface area (Å²) >= 11 is 13.6. The number of halogens is 2. The third-order valence-corrected chi connectivity index (χ3v) is 5.92. The van der Waals surface area contributed by atoms with Crippen LogP contribution in [-0.4, -0.2) is 35.4 Å². The molecule has 1 aliphatic heterocycles. The van der Waals surface area contributed by atoms with Crippen molar-refractivity contribution in [1.29, 1.82) is 0 Å². The van der Waals surface area contributed by atoms with Crippen LogP contribution in [0.4, 0.5) is 0 Å². The predicted octanol–water partition coefficient (Wildman–Crippen LogP) is 3.86. The van der Waals surface area contributed by atoms with Crippen LogP contribution in [0.5, 0.6) is 0 Å². The Kier molecular flexibility index (Phi) is 5.16. The van der Waals surface area contributed by atoms with E-state index in [9.17, 15) is 4.79 Å². The zero-order valence-corrected chi connectivity index (χ0v) is 15.7. The van der Waals surface area contributed by atoms with Crippen molar-refractivity contribution in [2.45, 2.75) is 19.8 Å². The molecule has 0 saturated carbocycles. The van der Waals surface area contributed by atoms with Crippen molar-refractivity contribution in [3.63, 3.8) is 0 Å². The third-order valence-electron chi connectivity index (χ3n) is 4.45. The molecule has 0 radical (unpaired) electrons. The van der Waals surface area contributed by atoms with E-state index in [2.05, 4.69) is 11.9 Å². The van der Waals surface area contributed by atoms with Gasteiger partial charge in [0.2, 0.25) is 5.91 Å².